The number of nitroso groups, excluding NO2 is 1. The molecule has 13 heavy (non-hydrogen) atoms. The van der Waals surface area contributed by atoms with E-state index >= 15 is 0 Å². The Morgan fingerprint density at radius 3 is 2.92 bits per heavy atom. The predicted molar refractivity (Wildman–Crippen MR) is 48.1 cm³/mol. The average Bonchev–Trinajstić information content (AvgIpc) is 2.42. The molecule has 0 saturated carbocycles. The second-order valence-corrected chi connectivity index (χ2v) is 2.85. The van der Waals surface area contributed by atoms with E-state index in [0.29, 0.717) is 11.0 Å². The van der Waals surface area contributed by atoms with Gasteiger partial charge in [0.15, 0.2) is 5.75 Å². The van der Waals surface area contributed by atoms with E-state index in [9.17, 15) is 10.0 Å². The van der Waals surface area contributed by atoms with Crippen molar-refractivity contribution in [1.82, 2.24) is 0 Å². The monoisotopic (exact) mass is 177 g/mol. The predicted octanol–water partition coefficient (Wildman–Crippen LogP) is 2.84. The zero-order chi connectivity index (χ0) is 9.42. The minimum atomic E-state index is -0.263. The van der Waals surface area contributed by atoms with E-state index in [1.54, 1.807) is 12.1 Å². The van der Waals surface area contributed by atoms with Gasteiger partial charge in [-0.3, -0.25) is 0 Å². The highest BCUT2D eigenvalue weighted by atomic mass is 16.4. The van der Waals surface area contributed by atoms with E-state index in [1.807, 2.05) is 13.0 Å². The van der Waals surface area contributed by atoms with Crippen molar-refractivity contribution in [2.45, 2.75) is 6.92 Å². The second kappa shape index (κ2) is 2.58. The van der Waals surface area contributed by atoms with Crippen molar-refractivity contribution in [1.29, 1.82) is 0 Å². The molecule has 66 valence electrons. The number of hydrogen-bond donors (Lipinski definition) is 1. The van der Waals surface area contributed by atoms with E-state index in [1.165, 1.54) is 0 Å². The average molecular weight is 177 g/mol. The summed E-state index contributed by atoms with van der Waals surface area (Å²) in [5, 5.41) is 12.5. The van der Waals surface area contributed by atoms with Crippen LogP contribution in [0.15, 0.2) is 27.8 Å². The van der Waals surface area contributed by atoms with E-state index in [2.05, 4.69) is 5.18 Å². The quantitative estimate of drug-likeness (QED) is 0.681. The lowest BCUT2D eigenvalue weighted by Gasteiger charge is -1.89. The standard InChI is InChI=1S/C9H7NO3/c1-5-2-3-6-7(4-5)13-9(10-12)8(6)11/h2-4,11H,1H3. The summed E-state index contributed by atoms with van der Waals surface area (Å²) in [5.41, 5.74) is 1.48. The molecule has 0 bridgehead atoms. The molecule has 0 fully saturated rings. The van der Waals surface area contributed by atoms with Gasteiger partial charge in [0.1, 0.15) is 5.58 Å². The van der Waals surface area contributed by atoms with Crippen molar-refractivity contribution < 1.29 is 9.52 Å². The summed E-state index contributed by atoms with van der Waals surface area (Å²) in [6.45, 7) is 1.90. The minimum absolute atomic E-state index is 0.190. The molecule has 1 aromatic carbocycles. The lowest BCUT2D eigenvalue weighted by molar-refractivity contribution is 0.469. The van der Waals surface area contributed by atoms with E-state index in [-0.39, 0.29) is 11.6 Å². The molecule has 2 rings (SSSR count). The normalized spacial score (nSPS) is 10.5. The molecule has 1 N–H and O–H groups in total. The van der Waals surface area contributed by atoms with Gasteiger partial charge in [-0.2, -0.15) is 0 Å². The molecule has 1 heterocycles. The molecule has 0 saturated heterocycles. The Morgan fingerprint density at radius 2 is 2.23 bits per heavy atom. The third kappa shape index (κ3) is 1.07. The van der Waals surface area contributed by atoms with Crippen LogP contribution in [0.2, 0.25) is 0 Å². The highest BCUT2D eigenvalue weighted by Crippen LogP contribution is 2.37. The molecule has 0 atom stereocenters. The fourth-order valence-corrected chi connectivity index (χ4v) is 1.24. The molecule has 4 nitrogen and oxygen atoms in total. The van der Waals surface area contributed by atoms with Crippen LogP contribution in [-0.2, 0) is 0 Å². The fraction of sp³-hybridized carbons (Fsp3) is 0.111. The SMILES string of the molecule is Cc1ccc2c(O)c(N=O)oc2c1. The van der Waals surface area contributed by atoms with E-state index in [4.69, 9.17) is 4.42 Å². The molecule has 0 unspecified atom stereocenters. The molecular formula is C9H7NO3. The van der Waals surface area contributed by atoms with Crippen molar-refractivity contribution in [3.63, 3.8) is 0 Å². The van der Waals surface area contributed by atoms with Crippen LogP contribution in [-0.4, -0.2) is 5.11 Å². The first-order valence-electron chi connectivity index (χ1n) is 3.78. The van der Waals surface area contributed by atoms with Gasteiger partial charge in [0.05, 0.1) is 5.39 Å². The molecule has 0 aliphatic heterocycles. The van der Waals surface area contributed by atoms with Gasteiger partial charge in [-0.15, -0.1) is 4.91 Å². The maximum Gasteiger partial charge on any atom is 0.304 e. The molecule has 1 aromatic heterocycles. The van der Waals surface area contributed by atoms with Crippen LogP contribution >= 0.6 is 0 Å². The zero-order valence-electron chi connectivity index (χ0n) is 6.94. The summed E-state index contributed by atoms with van der Waals surface area (Å²) < 4.78 is 5.00. The first kappa shape index (κ1) is 7.79. The maximum atomic E-state index is 10.2. The molecule has 0 spiro atoms. The molecule has 0 radical (unpaired) electrons. The summed E-state index contributed by atoms with van der Waals surface area (Å²) in [5.74, 6) is -0.453. The number of aryl methyl sites for hydroxylation is 1. The van der Waals surface area contributed by atoms with Gasteiger partial charge >= 0.3 is 5.88 Å². The van der Waals surface area contributed by atoms with Crippen LogP contribution in [0.25, 0.3) is 11.0 Å². The molecule has 0 aliphatic carbocycles. The summed E-state index contributed by atoms with van der Waals surface area (Å²) in [6.07, 6.45) is 0. The lowest BCUT2D eigenvalue weighted by Crippen LogP contribution is -1.68. The van der Waals surface area contributed by atoms with Crippen molar-refractivity contribution in [3.8, 4) is 5.75 Å². The van der Waals surface area contributed by atoms with Crippen LogP contribution in [0.5, 0.6) is 5.75 Å². The van der Waals surface area contributed by atoms with Gasteiger partial charge in [-0.1, -0.05) is 6.07 Å². The van der Waals surface area contributed by atoms with Crippen LogP contribution in [0.1, 0.15) is 5.56 Å². The van der Waals surface area contributed by atoms with Crippen molar-refractivity contribution in [3.05, 3.63) is 28.7 Å². The van der Waals surface area contributed by atoms with Crippen molar-refractivity contribution >= 4 is 16.9 Å². The highest BCUT2D eigenvalue weighted by molar-refractivity contribution is 5.88. The summed E-state index contributed by atoms with van der Waals surface area (Å²) in [4.78, 5) is 10.2. The topological polar surface area (TPSA) is 62.8 Å². The van der Waals surface area contributed by atoms with Gasteiger partial charge in [-0.05, 0) is 24.6 Å². The summed E-state index contributed by atoms with van der Waals surface area (Å²) in [7, 11) is 0. The van der Waals surface area contributed by atoms with Crippen LogP contribution in [0, 0.1) is 11.8 Å². The van der Waals surface area contributed by atoms with Crippen LogP contribution < -0.4 is 0 Å². The van der Waals surface area contributed by atoms with Gasteiger partial charge in [-0.25, -0.2) is 0 Å². The van der Waals surface area contributed by atoms with E-state index in [0.717, 1.165) is 5.56 Å². The van der Waals surface area contributed by atoms with Gasteiger partial charge in [0.25, 0.3) is 0 Å². The smallest absolute Gasteiger partial charge is 0.304 e. The number of furan rings is 1. The Balaban J connectivity index is 2.83. The number of hydrogen-bond acceptors (Lipinski definition) is 4. The van der Waals surface area contributed by atoms with Crippen molar-refractivity contribution in [2.24, 2.45) is 5.18 Å². The lowest BCUT2D eigenvalue weighted by atomic mass is 10.2. The Morgan fingerprint density at radius 1 is 1.46 bits per heavy atom. The van der Waals surface area contributed by atoms with Gasteiger partial charge < -0.3 is 9.52 Å². The molecule has 4 heteroatoms. The first-order valence-corrected chi connectivity index (χ1v) is 3.78. The molecule has 0 aliphatic rings. The van der Waals surface area contributed by atoms with Crippen LogP contribution in [0.4, 0.5) is 5.88 Å². The van der Waals surface area contributed by atoms with Crippen LogP contribution in [0.3, 0.4) is 0 Å². The number of rotatable bonds is 1. The number of aromatic hydroxyl groups is 1. The fourth-order valence-electron chi connectivity index (χ4n) is 1.24. The van der Waals surface area contributed by atoms with Gasteiger partial charge in [0.2, 0.25) is 0 Å². The first-order chi connectivity index (χ1) is 6.22. The second-order valence-electron chi connectivity index (χ2n) is 2.85. The number of fused-ring (bicyclic) bond motifs is 1. The maximum absolute atomic E-state index is 10.2. The van der Waals surface area contributed by atoms with E-state index < -0.39 is 0 Å². The molecule has 0 amide bonds. The minimum Gasteiger partial charge on any atom is -0.502 e. The number of benzene rings is 1. The summed E-state index contributed by atoms with van der Waals surface area (Å²) in [6, 6.07) is 5.26. The number of nitrogens with zero attached hydrogens (tertiary/aromatic N) is 1. The Bertz CT molecular complexity index is 473. The van der Waals surface area contributed by atoms with Gasteiger partial charge in [0, 0.05) is 5.18 Å². The molecular weight excluding hydrogens is 170 g/mol. The highest BCUT2D eigenvalue weighted by Gasteiger charge is 2.12. The Kier molecular flexibility index (Phi) is 1.55. The third-order valence-electron chi connectivity index (χ3n) is 1.88. The Labute approximate surface area is 73.8 Å². The largest absolute Gasteiger partial charge is 0.502 e. The Hall–Kier alpha value is -1.84. The molecule has 2 aromatic rings. The third-order valence-corrected chi connectivity index (χ3v) is 1.88. The van der Waals surface area contributed by atoms with Crippen molar-refractivity contribution in [2.75, 3.05) is 0 Å². The summed E-state index contributed by atoms with van der Waals surface area (Å²) >= 11 is 0. The zero-order valence-corrected chi connectivity index (χ0v) is 6.94.